The summed E-state index contributed by atoms with van der Waals surface area (Å²) in [6, 6.07) is 12.2. The van der Waals surface area contributed by atoms with Gasteiger partial charge in [0.2, 0.25) is 0 Å². The number of para-hydroxylation sites is 1. The molecular formula is C15H15BrFNO2. The van der Waals surface area contributed by atoms with Crippen LogP contribution in [-0.2, 0) is 6.54 Å². The first-order valence-electron chi connectivity index (χ1n) is 6.19. The fourth-order valence-corrected chi connectivity index (χ4v) is 2.11. The predicted molar refractivity (Wildman–Crippen MR) is 79.4 cm³/mol. The van der Waals surface area contributed by atoms with Gasteiger partial charge in [-0.05, 0) is 24.3 Å². The molecule has 2 N–H and O–H groups in total. The van der Waals surface area contributed by atoms with Gasteiger partial charge in [-0.2, -0.15) is 0 Å². The van der Waals surface area contributed by atoms with E-state index in [1.807, 2.05) is 24.3 Å². The summed E-state index contributed by atoms with van der Waals surface area (Å²) in [5.41, 5.74) is 6.19. The molecule has 0 aromatic heterocycles. The van der Waals surface area contributed by atoms with Crippen LogP contribution in [-0.4, -0.2) is 13.2 Å². The minimum Gasteiger partial charge on any atom is -0.490 e. The highest BCUT2D eigenvalue weighted by Crippen LogP contribution is 2.22. The lowest BCUT2D eigenvalue weighted by Crippen LogP contribution is -2.12. The van der Waals surface area contributed by atoms with Crippen molar-refractivity contribution in [2.45, 2.75) is 6.54 Å². The zero-order valence-corrected chi connectivity index (χ0v) is 12.4. The molecule has 5 heteroatoms. The lowest BCUT2D eigenvalue weighted by molar-refractivity contribution is 0.210. The Morgan fingerprint density at radius 3 is 2.55 bits per heavy atom. The van der Waals surface area contributed by atoms with Crippen LogP contribution < -0.4 is 15.2 Å². The molecule has 20 heavy (non-hydrogen) atoms. The number of halogens is 2. The molecule has 106 valence electrons. The molecule has 0 fully saturated rings. The third-order valence-corrected chi connectivity index (χ3v) is 3.16. The number of benzene rings is 2. The standard InChI is InChI=1S/C15H15BrFNO2/c16-12-4-2-5-13(9-12)19-7-8-20-15-11(10-18)3-1-6-14(15)17/h1-6,9H,7-8,10,18H2. The summed E-state index contributed by atoms with van der Waals surface area (Å²) in [4.78, 5) is 0. The van der Waals surface area contributed by atoms with E-state index >= 15 is 0 Å². The van der Waals surface area contributed by atoms with Gasteiger partial charge < -0.3 is 15.2 Å². The molecule has 2 rings (SSSR count). The lowest BCUT2D eigenvalue weighted by atomic mass is 10.2. The SMILES string of the molecule is NCc1cccc(F)c1OCCOc1cccc(Br)c1. The van der Waals surface area contributed by atoms with E-state index in [4.69, 9.17) is 15.2 Å². The van der Waals surface area contributed by atoms with E-state index in [1.165, 1.54) is 6.07 Å². The number of nitrogens with two attached hydrogens (primary N) is 1. The largest absolute Gasteiger partial charge is 0.490 e. The molecule has 2 aromatic rings. The average molecular weight is 340 g/mol. The van der Waals surface area contributed by atoms with E-state index in [2.05, 4.69) is 15.9 Å². The summed E-state index contributed by atoms with van der Waals surface area (Å²) in [7, 11) is 0. The quantitative estimate of drug-likeness (QED) is 0.819. The highest BCUT2D eigenvalue weighted by Gasteiger charge is 2.08. The van der Waals surface area contributed by atoms with Crippen molar-refractivity contribution in [3.05, 3.63) is 58.3 Å². The first-order valence-corrected chi connectivity index (χ1v) is 6.98. The first kappa shape index (κ1) is 14.8. The molecule has 0 unspecified atom stereocenters. The second-order valence-electron chi connectivity index (χ2n) is 4.09. The van der Waals surface area contributed by atoms with Crippen molar-refractivity contribution in [2.24, 2.45) is 5.73 Å². The second-order valence-corrected chi connectivity index (χ2v) is 5.00. The molecule has 0 bridgehead atoms. The van der Waals surface area contributed by atoms with Crippen LogP contribution in [0, 0.1) is 5.82 Å². The summed E-state index contributed by atoms with van der Waals surface area (Å²) in [5, 5.41) is 0. The Hall–Kier alpha value is -1.59. The normalized spacial score (nSPS) is 10.3. The van der Waals surface area contributed by atoms with Crippen LogP contribution in [0.1, 0.15) is 5.56 Å². The summed E-state index contributed by atoms with van der Waals surface area (Å²) in [5.74, 6) is 0.527. The van der Waals surface area contributed by atoms with Crippen LogP contribution in [0.25, 0.3) is 0 Å². The van der Waals surface area contributed by atoms with Gasteiger partial charge in [-0.1, -0.05) is 34.1 Å². The minimum atomic E-state index is -0.407. The van der Waals surface area contributed by atoms with E-state index in [0.29, 0.717) is 12.2 Å². The van der Waals surface area contributed by atoms with Crippen molar-refractivity contribution < 1.29 is 13.9 Å². The van der Waals surface area contributed by atoms with Crippen LogP contribution >= 0.6 is 15.9 Å². The van der Waals surface area contributed by atoms with Gasteiger partial charge in [-0.25, -0.2) is 4.39 Å². The molecule has 0 heterocycles. The van der Waals surface area contributed by atoms with E-state index in [1.54, 1.807) is 12.1 Å². The molecule has 0 atom stereocenters. The fraction of sp³-hybridized carbons (Fsp3) is 0.200. The first-order chi connectivity index (χ1) is 9.70. The summed E-state index contributed by atoms with van der Waals surface area (Å²) >= 11 is 3.36. The zero-order valence-electron chi connectivity index (χ0n) is 10.8. The lowest BCUT2D eigenvalue weighted by Gasteiger charge is -2.12. The Labute approximate surface area is 125 Å². The average Bonchev–Trinajstić information content (AvgIpc) is 2.45. The van der Waals surface area contributed by atoms with Crippen LogP contribution in [0.4, 0.5) is 4.39 Å². The van der Waals surface area contributed by atoms with Gasteiger partial charge in [0.25, 0.3) is 0 Å². The monoisotopic (exact) mass is 339 g/mol. The molecule has 0 saturated heterocycles. The maximum atomic E-state index is 13.6. The Morgan fingerprint density at radius 1 is 1.05 bits per heavy atom. The maximum Gasteiger partial charge on any atom is 0.165 e. The van der Waals surface area contributed by atoms with Crippen LogP contribution in [0.3, 0.4) is 0 Å². The molecule has 0 saturated carbocycles. The van der Waals surface area contributed by atoms with E-state index < -0.39 is 5.82 Å². The zero-order chi connectivity index (χ0) is 14.4. The molecule has 0 aliphatic carbocycles. The van der Waals surface area contributed by atoms with Gasteiger partial charge >= 0.3 is 0 Å². The number of hydrogen-bond donors (Lipinski definition) is 1. The van der Waals surface area contributed by atoms with Crippen LogP contribution in [0.5, 0.6) is 11.5 Å². The number of rotatable bonds is 6. The molecule has 3 nitrogen and oxygen atoms in total. The third-order valence-electron chi connectivity index (χ3n) is 2.66. The Balaban J connectivity index is 1.87. The maximum absolute atomic E-state index is 13.6. The Kier molecular flexibility index (Phi) is 5.38. The van der Waals surface area contributed by atoms with Crippen molar-refractivity contribution in [2.75, 3.05) is 13.2 Å². The molecule has 0 radical (unpaired) electrons. The van der Waals surface area contributed by atoms with Gasteiger partial charge in [0, 0.05) is 16.6 Å². The Bertz CT molecular complexity index is 578. The van der Waals surface area contributed by atoms with E-state index in [9.17, 15) is 4.39 Å². The summed E-state index contributed by atoms with van der Waals surface area (Å²) in [6.45, 7) is 0.814. The van der Waals surface area contributed by atoms with Gasteiger partial charge in [-0.15, -0.1) is 0 Å². The van der Waals surface area contributed by atoms with Crippen molar-refractivity contribution in [1.29, 1.82) is 0 Å². The van der Waals surface area contributed by atoms with Gasteiger partial charge in [0.1, 0.15) is 19.0 Å². The number of hydrogen-bond acceptors (Lipinski definition) is 3. The van der Waals surface area contributed by atoms with Crippen molar-refractivity contribution >= 4 is 15.9 Å². The van der Waals surface area contributed by atoms with Crippen LogP contribution in [0.15, 0.2) is 46.9 Å². The van der Waals surface area contributed by atoms with Crippen LogP contribution in [0.2, 0.25) is 0 Å². The molecule has 0 amide bonds. The van der Waals surface area contributed by atoms with Gasteiger partial charge in [0.15, 0.2) is 11.6 Å². The predicted octanol–water partition coefficient (Wildman–Crippen LogP) is 3.50. The third kappa shape index (κ3) is 3.95. The smallest absolute Gasteiger partial charge is 0.165 e. The van der Waals surface area contributed by atoms with Gasteiger partial charge in [0.05, 0.1) is 0 Å². The Morgan fingerprint density at radius 2 is 1.80 bits per heavy atom. The topological polar surface area (TPSA) is 44.5 Å². The van der Waals surface area contributed by atoms with Crippen molar-refractivity contribution in [1.82, 2.24) is 0 Å². The molecular weight excluding hydrogens is 325 g/mol. The van der Waals surface area contributed by atoms with Crippen molar-refractivity contribution in [3.8, 4) is 11.5 Å². The summed E-state index contributed by atoms with van der Waals surface area (Å²) < 4.78 is 25.5. The molecule has 0 spiro atoms. The number of ether oxygens (including phenoxy) is 2. The van der Waals surface area contributed by atoms with Gasteiger partial charge in [-0.3, -0.25) is 0 Å². The highest BCUT2D eigenvalue weighted by molar-refractivity contribution is 9.10. The van der Waals surface area contributed by atoms with E-state index in [-0.39, 0.29) is 18.9 Å². The fourth-order valence-electron chi connectivity index (χ4n) is 1.74. The summed E-state index contributed by atoms with van der Waals surface area (Å²) in [6.07, 6.45) is 0. The second kappa shape index (κ2) is 7.26. The molecule has 0 aliphatic rings. The minimum absolute atomic E-state index is 0.202. The highest BCUT2D eigenvalue weighted by atomic mass is 79.9. The van der Waals surface area contributed by atoms with Crippen molar-refractivity contribution in [3.63, 3.8) is 0 Å². The molecule has 2 aromatic carbocycles. The van der Waals surface area contributed by atoms with E-state index in [0.717, 1.165) is 10.2 Å². The molecule has 0 aliphatic heterocycles.